The molecule has 1 aliphatic carbocycles. The average Bonchev–Trinajstić information content (AvgIpc) is 2.19. The van der Waals surface area contributed by atoms with Crippen LogP contribution in [0.2, 0.25) is 0 Å². The lowest BCUT2D eigenvalue weighted by Crippen LogP contribution is -2.23. The summed E-state index contributed by atoms with van der Waals surface area (Å²) < 4.78 is 25.7. The number of alkyl halides is 2. The van der Waals surface area contributed by atoms with Crippen LogP contribution >= 0.6 is 0 Å². The predicted octanol–water partition coefficient (Wildman–Crippen LogP) is 3.17. The van der Waals surface area contributed by atoms with Crippen molar-refractivity contribution in [2.75, 3.05) is 0 Å². The first kappa shape index (κ1) is 9.56. The molecule has 1 fully saturated rings. The van der Waals surface area contributed by atoms with Gasteiger partial charge in [-0.3, -0.25) is 4.98 Å². The molecular formula is C11H12F2N. The number of pyridine rings is 1. The van der Waals surface area contributed by atoms with E-state index in [9.17, 15) is 8.78 Å². The molecule has 1 aromatic rings. The zero-order chi connectivity index (χ0) is 10.0. The minimum atomic E-state index is -2.45. The first-order valence-electron chi connectivity index (χ1n) is 4.87. The molecule has 0 spiro atoms. The maximum atomic E-state index is 12.9. The Hall–Kier alpha value is -0.990. The number of nitrogens with zero attached hydrogens (tertiary/aromatic N) is 1. The molecule has 2 rings (SSSR count). The number of hydrogen-bond acceptors (Lipinski definition) is 1. The Morgan fingerprint density at radius 2 is 2.07 bits per heavy atom. The van der Waals surface area contributed by atoms with Gasteiger partial charge in [-0.05, 0) is 18.9 Å². The van der Waals surface area contributed by atoms with E-state index in [0.29, 0.717) is 12.8 Å². The highest BCUT2D eigenvalue weighted by atomic mass is 19.3. The second-order valence-corrected chi connectivity index (χ2v) is 3.81. The van der Waals surface area contributed by atoms with Gasteiger partial charge in [-0.15, -0.1) is 0 Å². The second kappa shape index (κ2) is 3.64. The molecule has 0 amide bonds. The van der Waals surface area contributed by atoms with Crippen LogP contribution in [0.3, 0.4) is 0 Å². The van der Waals surface area contributed by atoms with E-state index in [1.807, 2.05) is 6.07 Å². The Bertz CT molecular complexity index is 287. The lowest BCUT2D eigenvalue weighted by Gasteiger charge is -2.27. The molecule has 0 aromatic carbocycles. The fourth-order valence-electron chi connectivity index (χ4n) is 1.91. The summed E-state index contributed by atoms with van der Waals surface area (Å²) in [5, 5.41) is 0. The standard InChI is InChI=1S/C11H12F2N/c12-11(13)6-4-9(5-7-11)10-3-1-2-8-14-10/h1,3,8-9H,4-7H2. The molecule has 1 heterocycles. The Kier molecular flexibility index (Phi) is 2.48. The van der Waals surface area contributed by atoms with Crippen LogP contribution in [0.4, 0.5) is 8.78 Å². The zero-order valence-corrected chi connectivity index (χ0v) is 7.84. The van der Waals surface area contributed by atoms with E-state index >= 15 is 0 Å². The molecule has 0 unspecified atom stereocenters. The third kappa shape index (κ3) is 2.08. The van der Waals surface area contributed by atoms with E-state index in [1.54, 1.807) is 12.3 Å². The van der Waals surface area contributed by atoms with E-state index < -0.39 is 5.92 Å². The van der Waals surface area contributed by atoms with Gasteiger partial charge in [0.25, 0.3) is 0 Å². The van der Waals surface area contributed by atoms with Crippen molar-refractivity contribution < 1.29 is 8.78 Å². The van der Waals surface area contributed by atoms with Gasteiger partial charge < -0.3 is 0 Å². The van der Waals surface area contributed by atoms with Crippen molar-refractivity contribution in [2.24, 2.45) is 0 Å². The number of halogens is 2. The Morgan fingerprint density at radius 1 is 1.36 bits per heavy atom. The maximum absolute atomic E-state index is 12.9. The summed E-state index contributed by atoms with van der Waals surface area (Å²) in [5.74, 6) is -2.23. The third-order valence-corrected chi connectivity index (χ3v) is 2.77. The molecule has 0 atom stereocenters. The van der Waals surface area contributed by atoms with E-state index in [4.69, 9.17) is 0 Å². The van der Waals surface area contributed by atoms with Gasteiger partial charge in [-0.25, -0.2) is 8.78 Å². The van der Waals surface area contributed by atoms with E-state index in [-0.39, 0.29) is 18.8 Å². The molecule has 0 saturated heterocycles. The molecule has 0 aliphatic heterocycles. The van der Waals surface area contributed by atoms with Crippen LogP contribution in [0.1, 0.15) is 37.3 Å². The molecule has 3 heteroatoms. The molecule has 0 bridgehead atoms. The number of rotatable bonds is 1. The van der Waals surface area contributed by atoms with Crippen molar-refractivity contribution in [3.05, 3.63) is 30.1 Å². The third-order valence-electron chi connectivity index (χ3n) is 2.77. The lowest BCUT2D eigenvalue weighted by atomic mass is 9.84. The van der Waals surface area contributed by atoms with E-state index in [1.165, 1.54) is 0 Å². The SMILES string of the molecule is FC1(F)CCC(c2cc[c]cn2)CC1. The number of aromatic nitrogens is 1. The Labute approximate surface area is 82.2 Å². The van der Waals surface area contributed by atoms with Gasteiger partial charge in [-0.1, -0.05) is 6.07 Å². The van der Waals surface area contributed by atoms with Crippen LogP contribution in [-0.2, 0) is 0 Å². The van der Waals surface area contributed by atoms with Crippen LogP contribution in [0, 0.1) is 6.07 Å². The summed E-state index contributed by atoms with van der Waals surface area (Å²) in [6.45, 7) is 0. The molecule has 1 aliphatic rings. The zero-order valence-electron chi connectivity index (χ0n) is 7.84. The largest absolute Gasteiger partial charge is 0.260 e. The molecular weight excluding hydrogens is 184 g/mol. The van der Waals surface area contributed by atoms with Crippen LogP contribution in [0.25, 0.3) is 0 Å². The molecule has 75 valence electrons. The molecule has 1 saturated carbocycles. The summed E-state index contributed by atoms with van der Waals surface area (Å²) in [7, 11) is 0. The summed E-state index contributed by atoms with van der Waals surface area (Å²) in [6.07, 6.45) is 2.69. The fourth-order valence-corrected chi connectivity index (χ4v) is 1.91. The van der Waals surface area contributed by atoms with Crippen LogP contribution in [-0.4, -0.2) is 10.9 Å². The molecule has 1 radical (unpaired) electrons. The van der Waals surface area contributed by atoms with Crippen LogP contribution < -0.4 is 0 Å². The van der Waals surface area contributed by atoms with Crippen LogP contribution in [0.15, 0.2) is 18.3 Å². The predicted molar refractivity (Wildman–Crippen MR) is 49.2 cm³/mol. The highest BCUT2D eigenvalue weighted by molar-refractivity contribution is 5.10. The van der Waals surface area contributed by atoms with Gasteiger partial charge in [0, 0.05) is 36.7 Å². The first-order valence-corrected chi connectivity index (χ1v) is 4.87. The highest BCUT2D eigenvalue weighted by Gasteiger charge is 2.35. The van der Waals surface area contributed by atoms with Crippen molar-refractivity contribution in [2.45, 2.75) is 37.5 Å². The van der Waals surface area contributed by atoms with E-state index in [2.05, 4.69) is 11.1 Å². The Balaban J connectivity index is 2.03. The molecule has 1 nitrogen and oxygen atoms in total. The summed E-state index contributed by atoms with van der Waals surface area (Å²) in [6, 6.07) is 6.48. The minimum absolute atomic E-state index is 0.00203. The van der Waals surface area contributed by atoms with Crippen molar-refractivity contribution in [1.29, 1.82) is 0 Å². The second-order valence-electron chi connectivity index (χ2n) is 3.81. The summed E-state index contributed by atoms with van der Waals surface area (Å²) >= 11 is 0. The molecule has 14 heavy (non-hydrogen) atoms. The van der Waals surface area contributed by atoms with Crippen LogP contribution in [0.5, 0.6) is 0 Å². The van der Waals surface area contributed by atoms with Gasteiger partial charge in [0.1, 0.15) is 0 Å². The van der Waals surface area contributed by atoms with Gasteiger partial charge >= 0.3 is 0 Å². The summed E-state index contributed by atoms with van der Waals surface area (Å²) in [4.78, 5) is 4.15. The van der Waals surface area contributed by atoms with Gasteiger partial charge in [0.05, 0.1) is 0 Å². The molecule has 1 aromatic heterocycles. The molecule has 0 N–H and O–H groups in total. The smallest absolute Gasteiger partial charge is 0.248 e. The quantitative estimate of drug-likeness (QED) is 0.672. The Morgan fingerprint density at radius 3 is 2.64 bits per heavy atom. The normalized spacial score (nSPS) is 22.1. The average molecular weight is 196 g/mol. The van der Waals surface area contributed by atoms with Gasteiger partial charge in [0.2, 0.25) is 5.92 Å². The monoisotopic (exact) mass is 196 g/mol. The van der Waals surface area contributed by atoms with Gasteiger partial charge in [-0.2, -0.15) is 0 Å². The first-order chi connectivity index (χ1) is 6.67. The van der Waals surface area contributed by atoms with Crippen molar-refractivity contribution in [3.8, 4) is 0 Å². The maximum Gasteiger partial charge on any atom is 0.248 e. The van der Waals surface area contributed by atoms with Crippen molar-refractivity contribution >= 4 is 0 Å². The van der Waals surface area contributed by atoms with Crippen molar-refractivity contribution in [1.82, 2.24) is 4.98 Å². The topological polar surface area (TPSA) is 12.9 Å². The van der Waals surface area contributed by atoms with Gasteiger partial charge in [0.15, 0.2) is 0 Å². The summed E-state index contributed by atoms with van der Waals surface area (Å²) in [5.41, 5.74) is 0.930. The minimum Gasteiger partial charge on any atom is -0.260 e. The number of hydrogen-bond donors (Lipinski definition) is 0. The lowest BCUT2D eigenvalue weighted by molar-refractivity contribution is -0.0384. The van der Waals surface area contributed by atoms with E-state index in [0.717, 1.165) is 5.69 Å². The fraction of sp³-hybridized carbons (Fsp3) is 0.545. The van der Waals surface area contributed by atoms with Crippen molar-refractivity contribution in [3.63, 3.8) is 0 Å². The highest BCUT2D eigenvalue weighted by Crippen LogP contribution is 2.39.